The van der Waals surface area contributed by atoms with Crippen LogP contribution >= 0.6 is 11.3 Å². The molecule has 2 amide bonds. The zero-order chi connectivity index (χ0) is 19.4. The summed E-state index contributed by atoms with van der Waals surface area (Å²) in [7, 11) is 0. The minimum Gasteiger partial charge on any atom is -0.350 e. The van der Waals surface area contributed by atoms with Crippen LogP contribution in [-0.2, 0) is 0 Å². The second-order valence-electron chi connectivity index (χ2n) is 6.64. The first kappa shape index (κ1) is 18.9. The van der Waals surface area contributed by atoms with Crippen LogP contribution in [0.4, 0.5) is 5.69 Å². The summed E-state index contributed by atoms with van der Waals surface area (Å²) in [4.78, 5) is 25.8. The van der Waals surface area contributed by atoms with Crippen LogP contribution in [0.3, 0.4) is 0 Å². The fraction of sp³-hybridized carbons (Fsp3) is 0.182. The zero-order valence-electron chi connectivity index (χ0n) is 15.6. The van der Waals surface area contributed by atoms with E-state index >= 15 is 0 Å². The summed E-state index contributed by atoms with van der Waals surface area (Å²) < 4.78 is 0. The third kappa shape index (κ3) is 4.44. The molecule has 0 aliphatic rings. The largest absolute Gasteiger partial charge is 0.350 e. The first-order chi connectivity index (χ1) is 13.0. The number of rotatable bonds is 5. The topological polar surface area (TPSA) is 58.2 Å². The van der Waals surface area contributed by atoms with Gasteiger partial charge in [0.2, 0.25) is 0 Å². The summed E-state index contributed by atoms with van der Waals surface area (Å²) in [5, 5.41) is 7.72. The Hall–Kier alpha value is -2.92. The normalized spacial score (nSPS) is 10.7. The third-order valence-corrected chi connectivity index (χ3v) is 5.03. The Balaban J connectivity index is 1.84. The van der Waals surface area contributed by atoms with Crippen molar-refractivity contribution in [3.8, 4) is 11.1 Å². The van der Waals surface area contributed by atoms with Crippen molar-refractivity contribution in [1.29, 1.82) is 0 Å². The standard InChI is InChI=1S/C22H22N2O2S/c1-14(2)23-21(25)19-13-17(10-9-15(19)3)24-22(26)20-18(11-12-27-20)16-7-5-4-6-8-16/h4-14H,1-3H3,(H,23,25)(H,24,26). The Morgan fingerprint density at radius 1 is 0.963 bits per heavy atom. The van der Waals surface area contributed by atoms with Crippen LogP contribution in [-0.4, -0.2) is 17.9 Å². The van der Waals surface area contributed by atoms with Crippen LogP contribution in [0.1, 0.15) is 39.4 Å². The summed E-state index contributed by atoms with van der Waals surface area (Å²) in [6, 6.07) is 17.2. The Labute approximate surface area is 163 Å². The van der Waals surface area contributed by atoms with Gasteiger partial charge in [0, 0.05) is 22.9 Å². The third-order valence-electron chi connectivity index (χ3n) is 4.12. The van der Waals surface area contributed by atoms with E-state index in [1.165, 1.54) is 11.3 Å². The molecule has 0 unspecified atom stereocenters. The predicted molar refractivity (Wildman–Crippen MR) is 111 cm³/mol. The van der Waals surface area contributed by atoms with Gasteiger partial charge in [0.1, 0.15) is 0 Å². The molecule has 0 saturated carbocycles. The van der Waals surface area contributed by atoms with Gasteiger partial charge in [0.05, 0.1) is 4.88 Å². The molecule has 0 bridgehead atoms. The van der Waals surface area contributed by atoms with Crippen molar-refractivity contribution in [2.45, 2.75) is 26.8 Å². The molecule has 0 aliphatic heterocycles. The highest BCUT2D eigenvalue weighted by atomic mass is 32.1. The molecule has 2 aromatic carbocycles. The van der Waals surface area contributed by atoms with Gasteiger partial charge >= 0.3 is 0 Å². The first-order valence-electron chi connectivity index (χ1n) is 8.81. The van der Waals surface area contributed by atoms with E-state index in [4.69, 9.17) is 0 Å². The maximum atomic E-state index is 12.8. The molecule has 0 aliphatic carbocycles. The van der Waals surface area contributed by atoms with E-state index < -0.39 is 0 Å². The molecule has 5 heteroatoms. The smallest absolute Gasteiger partial charge is 0.266 e. The van der Waals surface area contributed by atoms with E-state index in [2.05, 4.69) is 10.6 Å². The highest BCUT2D eigenvalue weighted by molar-refractivity contribution is 7.12. The van der Waals surface area contributed by atoms with Crippen LogP contribution in [0.15, 0.2) is 60.0 Å². The minimum atomic E-state index is -0.178. The van der Waals surface area contributed by atoms with E-state index in [0.29, 0.717) is 16.1 Å². The van der Waals surface area contributed by atoms with Crippen molar-refractivity contribution in [2.24, 2.45) is 0 Å². The van der Waals surface area contributed by atoms with Crippen LogP contribution in [0.25, 0.3) is 11.1 Å². The van der Waals surface area contributed by atoms with Crippen molar-refractivity contribution in [1.82, 2.24) is 5.32 Å². The number of benzene rings is 2. The van der Waals surface area contributed by atoms with Gasteiger partial charge in [-0.15, -0.1) is 11.3 Å². The zero-order valence-corrected chi connectivity index (χ0v) is 16.4. The van der Waals surface area contributed by atoms with Crippen LogP contribution < -0.4 is 10.6 Å². The minimum absolute atomic E-state index is 0.0506. The van der Waals surface area contributed by atoms with Gasteiger partial charge in [0.15, 0.2) is 0 Å². The molecule has 1 heterocycles. The Bertz CT molecular complexity index is 961. The monoisotopic (exact) mass is 378 g/mol. The number of carbonyl (C=O) groups excluding carboxylic acids is 2. The summed E-state index contributed by atoms with van der Waals surface area (Å²) in [6.07, 6.45) is 0. The molecule has 0 saturated heterocycles. The predicted octanol–water partition coefficient (Wildman–Crippen LogP) is 5.11. The van der Waals surface area contributed by atoms with Gasteiger partial charge in [-0.3, -0.25) is 9.59 Å². The lowest BCUT2D eigenvalue weighted by molar-refractivity contribution is 0.0941. The van der Waals surface area contributed by atoms with Gasteiger partial charge in [-0.2, -0.15) is 0 Å². The van der Waals surface area contributed by atoms with E-state index in [-0.39, 0.29) is 17.9 Å². The van der Waals surface area contributed by atoms with Gasteiger partial charge in [-0.25, -0.2) is 0 Å². The second-order valence-corrected chi connectivity index (χ2v) is 7.56. The molecule has 3 rings (SSSR count). The maximum absolute atomic E-state index is 12.8. The Kier molecular flexibility index (Phi) is 5.72. The number of hydrogen-bond acceptors (Lipinski definition) is 3. The first-order valence-corrected chi connectivity index (χ1v) is 9.69. The van der Waals surface area contributed by atoms with Crippen LogP contribution in [0.5, 0.6) is 0 Å². The molecule has 0 spiro atoms. The van der Waals surface area contributed by atoms with Gasteiger partial charge in [-0.05, 0) is 55.5 Å². The van der Waals surface area contributed by atoms with Crippen molar-refractivity contribution < 1.29 is 9.59 Å². The molecule has 2 N–H and O–H groups in total. The van der Waals surface area contributed by atoms with Crippen molar-refractivity contribution in [2.75, 3.05) is 5.32 Å². The second kappa shape index (κ2) is 8.18. The lowest BCUT2D eigenvalue weighted by Crippen LogP contribution is -2.30. The molecule has 1 aromatic heterocycles. The molecule has 138 valence electrons. The Morgan fingerprint density at radius 3 is 2.41 bits per heavy atom. The summed E-state index contributed by atoms with van der Waals surface area (Å²) in [5.41, 5.74) is 3.95. The van der Waals surface area contributed by atoms with Gasteiger partial charge < -0.3 is 10.6 Å². The van der Waals surface area contributed by atoms with E-state index in [9.17, 15) is 9.59 Å². The fourth-order valence-electron chi connectivity index (χ4n) is 2.80. The molecular weight excluding hydrogens is 356 g/mol. The SMILES string of the molecule is Cc1ccc(NC(=O)c2sccc2-c2ccccc2)cc1C(=O)NC(C)C. The molecule has 3 aromatic rings. The number of aryl methyl sites for hydroxylation is 1. The molecule has 27 heavy (non-hydrogen) atoms. The van der Waals surface area contributed by atoms with E-state index in [1.807, 2.05) is 74.7 Å². The van der Waals surface area contributed by atoms with Crippen LogP contribution in [0, 0.1) is 6.92 Å². The Morgan fingerprint density at radius 2 is 1.70 bits per heavy atom. The average Bonchev–Trinajstić information content (AvgIpc) is 3.13. The number of carbonyl (C=O) groups is 2. The summed E-state index contributed by atoms with van der Waals surface area (Å²) in [5.74, 6) is -0.317. The average molecular weight is 378 g/mol. The highest BCUT2D eigenvalue weighted by Gasteiger charge is 2.16. The highest BCUT2D eigenvalue weighted by Crippen LogP contribution is 2.29. The molecule has 0 radical (unpaired) electrons. The number of nitrogens with one attached hydrogen (secondary N) is 2. The van der Waals surface area contributed by atoms with E-state index in [0.717, 1.165) is 16.7 Å². The number of amides is 2. The summed E-state index contributed by atoms with van der Waals surface area (Å²) in [6.45, 7) is 5.72. The lowest BCUT2D eigenvalue weighted by atomic mass is 10.1. The lowest BCUT2D eigenvalue weighted by Gasteiger charge is -2.12. The van der Waals surface area contributed by atoms with Gasteiger partial charge in [-0.1, -0.05) is 36.4 Å². The van der Waals surface area contributed by atoms with Crippen LogP contribution in [0.2, 0.25) is 0 Å². The number of thiophene rings is 1. The van der Waals surface area contributed by atoms with Crippen molar-refractivity contribution in [3.63, 3.8) is 0 Å². The number of hydrogen-bond donors (Lipinski definition) is 2. The molecule has 0 atom stereocenters. The maximum Gasteiger partial charge on any atom is 0.266 e. The fourth-order valence-corrected chi connectivity index (χ4v) is 3.61. The van der Waals surface area contributed by atoms with Crippen molar-refractivity contribution >= 4 is 28.8 Å². The van der Waals surface area contributed by atoms with Crippen molar-refractivity contribution in [3.05, 3.63) is 76.0 Å². The quantitative estimate of drug-likeness (QED) is 0.648. The molecular formula is C22H22N2O2S. The van der Waals surface area contributed by atoms with E-state index in [1.54, 1.807) is 6.07 Å². The summed E-state index contributed by atoms with van der Waals surface area (Å²) >= 11 is 1.40. The van der Waals surface area contributed by atoms with Gasteiger partial charge in [0.25, 0.3) is 11.8 Å². The molecule has 0 fully saturated rings. The number of anilines is 1. The molecule has 4 nitrogen and oxygen atoms in total.